The van der Waals surface area contributed by atoms with Gasteiger partial charge in [0.1, 0.15) is 12.0 Å². The Balaban J connectivity index is 0.949. The van der Waals surface area contributed by atoms with Gasteiger partial charge in [0.05, 0.1) is 54.9 Å². The maximum Gasteiger partial charge on any atom is 0.317 e. The molecule has 282 valence electrons. The van der Waals surface area contributed by atoms with Gasteiger partial charge < -0.3 is 24.4 Å². The molecular weight excluding hydrogens is 660 g/mol. The minimum absolute atomic E-state index is 0.0384. The summed E-state index contributed by atoms with van der Waals surface area (Å²) < 4.78 is 18.5. The molecule has 0 bridgehead atoms. The molecule has 0 aromatic heterocycles. The first-order valence-electron chi connectivity index (χ1n) is 18.5. The quantitative estimate of drug-likeness (QED) is 0.107. The maximum atomic E-state index is 13.0. The van der Waals surface area contributed by atoms with E-state index in [2.05, 4.69) is 0 Å². The van der Waals surface area contributed by atoms with E-state index in [-0.39, 0.29) is 50.0 Å². The summed E-state index contributed by atoms with van der Waals surface area (Å²) in [5.41, 5.74) is 0. The van der Waals surface area contributed by atoms with E-state index in [0.717, 1.165) is 51.4 Å². The van der Waals surface area contributed by atoms with Crippen molar-refractivity contribution in [2.75, 3.05) is 6.61 Å². The summed E-state index contributed by atoms with van der Waals surface area (Å²) >= 11 is 0. The highest BCUT2D eigenvalue weighted by Gasteiger charge is 2.50. The predicted molar refractivity (Wildman–Crippen MR) is 172 cm³/mol. The van der Waals surface area contributed by atoms with E-state index in [1.54, 1.807) is 0 Å². The summed E-state index contributed by atoms with van der Waals surface area (Å²) in [6, 6.07) is -2.18. The average Bonchev–Trinajstić information content (AvgIpc) is 3.10. The molecule has 5 fully saturated rings. The highest BCUT2D eigenvalue weighted by atomic mass is 17.2. The number of carboxylic acids is 2. The second-order valence-corrected chi connectivity index (χ2v) is 14.9. The zero-order valence-electron chi connectivity index (χ0n) is 28.6. The Bertz CT molecular complexity index is 1130. The zero-order chi connectivity index (χ0) is 35.8. The lowest BCUT2D eigenvalue weighted by atomic mass is 9.76. The fourth-order valence-electron chi connectivity index (χ4n) is 8.90. The SMILES string of the molecule is O=C(O)C1CCCC([N+](=O)[O-])C1COOC1CCC(OC2CCC(OC3CCC(OC(=O)C4C(C(=O)O)CCCC4[N+](=O)[O-])CC3)CC2)CC1. The Morgan fingerprint density at radius 1 is 0.560 bits per heavy atom. The number of hydrogen-bond donors (Lipinski definition) is 2. The molecule has 0 heterocycles. The molecule has 5 saturated carbocycles. The van der Waals surface area contributed by atoms with Gasteiger partial charge >= 0.3 is 17.9 Å². The number of rotatable bonds is 14. The van der Waals surface area contributed by atoms with Crippen LogP contribution in [0.5, 0.6) is 0 Å². The molecule has 0 aliphatic heterocycles. The van der Waals surface area contributed by atoms with Gasteiger partial charge in [0.15, 0.2) is 0 Å². The molecule has 0 amide bonds. The van der Waals surface area contributed by atoms with Crippen molar-refractivity contribution in [1.82, 2.24) is 0 Å². The summed E-state index contributed by atoms with van der Waals surface area (Å²) in [7, 11) is 0. The lowest BCUT2D eigenvalue weighted by Crippen LogP contribution is -2.47. The fourth-order valence-corrected chi connectivity index (χ4v) is 8.90. The molecule has 0 aromatic rings. The minimum atomic E-state index is -1.26. The number of carboxylic acid groups (broad SMARTS) is 2. The topological polar surface area (TPSA) is 224 Å². The predicted octanol–water partition coefficient (Wildman–Crippen LogP) is 4.74. The minimum Gasteiger partial charge on any atom is -0.481 e. The number of carbonyl (C=O) groups excluding carboxylic acids is 1. The average molecular weight is 713 g/mol. The van der Waals surface area contributed by atoms with Crippen molar-refractivity contribution in [2.45, 2.75) is 164 Å². The van der Waals surface area contributed by atoms with Crippen molar-refractivity contribution in [3.05, 3.63) is 20.2 Å². The number of aliphatic carboxylic acids is 2. The maximum absolute atomic E-state index is 13.0. The van der Waals surface area contributed by atoms with E-state index in [1.807, 2.05) is 0 Å². The molecule has 0 aromatic carbocycles. The van der Waals surface area contributed by atoms with E-state index in [4.69, 9.17) is 24.0 Å². The van der Waals surface area contributed by atoms with Gasteiger partial charge in [-0.2, -0.15) is 0 Å². The van der Waals surface area contributed by atoms with Crippen molar-refractivity contribution in [1.29, 1.82) is 0 Å². The molecular formula is C34H52N2O14. The van der Waals surface area contributed by atoms with Gasteiger partial charge in [-0.1, -0.05) is 0 Å². The molecule has 50 heavy (non-hydrogen) atoms. The first kappa shape index (κ1) is 38.3. The van der Waals surface area contributed by atoms with E-state index < -0.39 is 69.6 Å². The van der Waals surface area contributed by atoms with E-state index >= 15 is 0 Å². The largest absolute Gasteiger partial charge is 0.481 e. The van der Waals surface area contributed by atoms with E-state index in [1.165, 1.54) is 0 Å². The molecule has 16 heteroatoms. The number of carbonyl (C=O) groups is 3. The molecule has 2 N–H and O–H groups in total. The van der Waals surface area contributed by atoms with Crippen LogP contribution in [0.3, 0.4) is 0 Å². The Hall–Kier alpha value is -2.95. The molecule has 0 saturated heterocycles. The molecule has 0 radical (unpaired) electrons. The Kier molecular flexibility index (Phi) is 13.8. The van der Waals surface area contributed by atoms with Crippen molar-refractivity contribution < 1.29 is 58.4 Å². The van der Waals surface area contributed by atoms with Crippen LogP contribution < -0.4 is 0 Å². The first-order valence-corrected chi connectivity index (χ1v) is 18.5. The van der Waals surface area contributed by atoms with Crippen molar-refractivity contribution in [3.63, 3.8) is 0 Å². The van der Waals surface area contributed by atoms with E-state index in [0.29, 0.717) is 51.4 Å². The molecule has 16 nitrogen and oxygen atoms in total. The molecule has 5 aliphatic rings. The first-order chi connectivity index (χ1) is 24.0. The van der Waals surface area contributed by atoms with Crippen LogP contribution in [0, 0.1) is 43.9 Å². The third kappa shape index (κ3) is 10.1. The van der Waals surface area contributed by atoms with E-state index in [9.17, 15) is 44.8 Å². The second-order valence-electron chi connectivity index (χ2n) is 14.9. The van der Waals surface area contributed by atoms with Crippen LogP contribution in [0.1, 0.15) is 116 Å². The Labute approximate surface area is 291 Å². The fraction of sp³-hybridized carbons (Fsp3) is 0.912. The van der Waals surface area contributed by atoms with Gasteiger partial charge in [-0.05, 0) is 103 Å². The van der Waals surface area contributed by atoms with Crippen LogP contribution in [-0.4, -0.2) is 93.3 Å². The summed E-state index contributed by atoms with van der Waals surface area (Å²) in [6.07, 6.45) is 11.1. The third-order valence-corrected chi connectivity index (χ3v) is 11.7. The van der Waals surface area contributed by atoms with Crippen LogP contribution >= 0.6 is 0 Å². The summed E-state index contributed by atoms with van der Waals surface area (Å²) in [5, 5.41) is 42.1. The lowest BCUT2D eigenvalue weighted by molar-refractivity contribution is -0.541. The second kappa shape index (κ2) is 18.0. The number of nitro groups is 2. The lowest BCUT2D eigenvalue weighted by Gasteiger charge is -2.37. The van der Waals surface area contributed by atoms with Gasteiger partial charge in [0, 0.05) is 22.7 Å². The Morgan fingerprint density at radius 2 is 0.980 bits per heavy atom. The zero-order valence-corrected chi connectivity index (χ0v) is 28.6. The summed E-state index contributed by atoms with van der Waals surface area (Å²) in [4.78, 5) is 69.4. The van der Waals surface area contributed by atoms with Crippen LogP contribution in [-0.2, 0) is 38.4 Å². The smallest absolute Gasteiger partial charge is 0.317 e. The monoisotopic (exact) mass is 712 g/mol. The van der Waals surface area contributed by atoms with Crippen molar-refractivity contribution >= 4 is 17.9 Å². The molecule has 6 unspecified atom stereocenters. The van der Waals surface area contributed by atoms with Crippen LogP contribution in [0.4, 0.5) is 0 Å². The molecule has 5 aliphatic carbocycles. The normalized spacial score (nSPS) is 38.1. The number of hydrogen-bond acceptors (Lipinski definition) is 12. The van der Waals surface area contributed by atoms with Crippen molar-refractivity contribution in [3.8, 4) is 0 Å². The highest BCUT2D eigenvalue weighted by molar-refractivity contribution is 5.82. The van der Waals surface area contributed by atoms with Gasteiger partial charge in [0.2, 0.25) is 12.1 Å². The number of ether oxygens (including phenoxy) is 3. The Morgan fingerprint density at radius 3 is 1.44 bits per heavy atom. The third-order valence-electron chi connectivity index (χ3n) is 11.7. The van der Waals surface area contributed by atoms with Crippen LogP contribution in [0.25, 0.3) is 0 Å². The van der Waals surface area contributed by atoms with Gasteiger partial charge in [-0.15, -0.1) is 0 Å². The molecule has 0 spiro atoms. The van der Waals surface area contributed by atoms with Crippen molar-refractivity contribution in [2.24, 2.45) is 23.7 Å². The van der Waals surface area contributed by atoms with Gasteiger partial charge in [-0.25, -0.2) is 9.78 Å². The highest BCUT2D eigenvalue weighted by Crippen LogP contribution is 2.37. The van der Waals surface area contributed by atoms with Gasteiger partial charge in [0.25, 0.3) is 0 Å². The number of esters is 1. The van der Waals surface area contributed by atoms with Crippen LogP contribution in [0.15, 0.2) is 0 Å². The van der Waals surface area contributed by atoms with Gasteiger partial charge in [-0.3, -0.25) is 34.6 Å². The summed E-state index contributed by atoms with van der Waals surface area (Å²) in [6.45, 7) is -0.110. The van der Waals surface area contributed by atoms with Crippen LogP contribution in [0.2, 0.25) is 0 Å². The summed E-state index contributed by atoms with van der Waals surface area (Å²) in [5.74, 6) is -6.89. The number of nitrogens with zero attached hydrogens (tertiary/aromatic N) is 2. The standard InChI is InChI=1S/C34H52N2O14/c37-32(38)26-3-1-5-29(35(42)43)28(26)19-46-50-25-17-15-23(16-18-25)48-21-9-7-20(8-10-21)47-22-11-13-24(14-12-22)49-34(41)31-27(33(39)40)4-2-6-30(31)36(44)45/h20-31H,1-19H2,(H,37,38)(H,39,40). The molecule has 5 rings (SSSR count). The molecule has 6 atom stereocenters.